The molecule has 0 saturated heterocycles. The zero-order valence-corrected chi connectivity index (χ0v) is 14.0. The monoisotopic (exact) mass is 348 g/mol. The number of ether oxygens (including phenoxy) is 1. The average Bonchev–Trinajstić information content (AvgIpc) is 2.97. The van der Waals surface area contributed by atoms with Crippen molar-refractivity contribution in [2.24, 2.45) is 0 Å². The molecular formula is C17H17FN2O3S. The lowest BCUT2D eigenvalue weighted by molar-refractivity contribution is -0.131. The number of nitrogens with one attached hydrogen (secondary N) is 2. The van der Waals surface area contributed by atoms with Crippen LogP contribution in [0.1, 0.15) is 17.4 Å². The van der Waals surface area contributed by atoms with Crippen LogP contribution in [0.4, 0.5) is 4.39 Å². The number of thiophene rings is 1. The SMILES string of the molecule is Cc1ccsc1/C=C/C(=O)NNC(=O)[C@H](C)Oc1ccccc1F. The second-order valence-corrected chi connectivity index (χ2v) is 5.92. The summed E-state index contributed by atoms with van der Waals surface area (Å²) >= 11 is 1.51. The smallest absolute Gasteiger partial charge is 0.279 e. The molecular weight excluding hydrogens is 331 g/mol. The molecule has 2 aromatic rings. The summed E-state index contributed by atoms with van der Waals surface area (Å²) in [4.78, 5) is 24.5. The number of hydrogen-bond donors (Lipinski definition) is 2. The molecule has 0 spiro atoms. The van der Waals surface area contributed by atoms with Gasteiger partial charge in [0.05, 0.1) is 0 Å². The van der Waals surface area contributed by atoms with Gasteiger partial charge >= 0.3 is 0 Å². The minimum atomic E-state index is -0.967. The zero-order valence-electron chi connectivity index (χ0n) is 13.2. The second kappa shape index (κ2) is 8.26. The Hall–Kier alpha value is -2.67. The molecule has 7 heteroatoms. The zero-order chi connectivity index (χ0) is 17.5. The Labute approximate surface area is 143 Å². The maximum atomic E-state index is 13.5. The van der Waals surface area contributed by atoms with Gasteiger partial charge in [-0.2, -0.15) is 0 Å². The topological polar surface area (TPSA) is 67.4 Å². The van der Waals surface area contributed by atoms with E-state index >= 15 is 0 Å². The highest BCUT2D eigenvalue weighted by Crippen LogP contribution is 2.17. The summed E-state index contributed by atoms with van der Waals surface area (Å²) in [5, 5.41) is 1.93. The first-order valence-corrected chi connectivity index (χ1v) is 8.08. The van der Waals surface area contributed by atoms with E-state index in [9.17, 15) is 14.0 Å². The van der Waals surface area contributed by atoms with Crippen molar-refractivity contribution in [3.63, 3.8) is 0 Å². The van der Waals surface area contributed by atoms with Crippen molar-refractivity contribution in [2.75, 3.05) is 0 Å². The fraction of sp³-hybridized carbons (Fsp3) is 0.176. The average molecular weight is 348 g/mol. The van der Waals surface area contributed by atoms with Crippen LogP contribution in [0.5, 0.6) is 5.75 Å². The van der Waals surface area contributed by atoms with Crippen molar-refractivity contribution in [3.8, 4) is 5.75 Å². The summed E-state index contributed by atoms with van der Waals surface area (Å²) in [6.45, 7) is 3.40. The summed E-state index contributed by atoms with van der Waals surface area (Å²) < 4.78 is 18.7. The molecule has 2 rings (SSSR count). The van der Waals surface area contributed by atoms with Crippen LogP contribution in [0.25, 0.3) is 6.08 Å². The molecule has 0 aliphatic rings. The van der Waals surface area contributed by atoms with Crippen molar-refractivity contribution < 1.29 is 18.7 Å². The van der Waals surface area contributed by atoms with Gasteiger partial charge in [0.2, 0.25) is 0 Å². The first-order chi connectivity index (χ1) is 11.5. The van der Waals surface area contributed by atoms with E-state index < -0.39 is 23.7 Å². The van der Waals surface area contributed by atoms with E-state index in [1.807, 2.05) is 18.4 Å². The predicted octanol–water partition coefficient (Wildman–Crippen LogP) is 2.82. The van der Waals surface area contributed by atoms with E-state index in [1.54, 1.807) is 12.1 Å². The number of rotatable bonds is 5. The van der Waals surface area contributed by atoms with Gasteiger partial charge < -0.3 is 4.74 Å². The molecule has 1 aromatic heterocycles. The standard InChI is InChI=1S/C17H17FN2O3S/c1-11-9-10-24-15(11)7-8-16(21)19-20-17(22)12(2)23-14-6-4-3-5-13(14)18/h3-10,12H,1-2H3,(H,19,21)(H,20,22)/b8-7+/t12-/m0/s1. The number of hydrazine groups is 1. The highest BCUT2D eigenvalue weighted by molar-refractivity contribution is 7.11. The minimum Gasteiger partial charge on any atom is -0.478 e. The molecule has 1 atom stereocenters. The van der Waals surface area contributed by atoms with Crippen LogP contribution in [0, 0.1) is 12.7 Å². The number of para-hydroxylation sites is 1. The lowest BCUT2D eigenvalue weighted by Crippen LogP contribution is -2.46. The van der Waals surface area contributed by atoms with Crippen LogP contribution in [0.15, 0.2) is 41.8 Å². The number of halogens is 1. The quantitative estimate of drug-likeness (QED) is 0.645. The fourth-order valence-corrected chi connectivity index (χ4v) is 2.58. The number of carbonyl (C=O) groups is 2. The summed E-state index contributed by atoms with van der Waals surface area (Å²) in [6.07, 6.45) is 2.02. The molecule has 0 aliphatic heterocycles. The van der Waals surface area contributed by atoms with Gasteiger partial charge in [-0.15, -0.1) is 11.3 Å². The van der Waals surface area contributed by atoms with Crippen molar-refractivity contribution in [2.45, 2.75) is 20.0 Å². The summed E-state index contributed by atoms with van der Waals surface area (Å²) in [5.41, 5.74) is 5.55. The molecule has 1 heterocycles. The Morgan fingerprint density at radius 2 is 2.00 bits per heavy atom. The van der Waals surface area contributed by atoms with Crippen LogP contribution in [0.3, 0.4) is 0 Å². The van der Waals surface area contributed by atoms with Gasteiger partial charge in [-0.3, -0.25) is 20.4 Å². The Kier molecular flexibility index (Phi) is 6.08. The second-order valence-electron chi connectivity index (χ2n) is 4.97. The fourth-order valence-electron chi connectivity index (χ4n) is 1.76. The maximum Gasteiger partial charge on any atom is 0.279 e. The lowest BCUT2D eigenvalue weighted by atomic mass is 10.3. The molecule has 0 fully saturated rings. The molecule has 0 unspecified atom stereocenters. The van der Waals surface area contributed by atoms with E-state index in [0.29, 0.717) is 0 Å². The molecule has 5 nitrogen and oxygen atoms in total. The minimum absolute atomic E-state index is 0.0282. The van der Waals surface area contributed by atoms with Gasteiger partial charge in [-0.1, -0.05) is 12.1 Å². The van der Waals surface area contributed by atoms with E-state index in [-0.39, 0.29) is 5.75 Å². The van der Waals surface area contributed by atoms with Crippen molar-refractivity contribution >= 4 is 29.2 Å². The lowest BCUT2D eigenvalue weighted by Gasteiger charge is -2.15. The highest BCUT2D eigenvalue weighted by Gasteiger charge is 2.16. The Bertz CT molecular complexity index is 758. The highest BCUT2D eigenvalue weighted by atomic mass is 32.1. The van der Waals surface area contributed by atoms with Gasteiger partial charge in [0, 0.05) is 11.0 Å². The van der Waals surface area contributed by atoms with Gasteiger partial charge in [0.25, 0.3) is 11.8 Å². The van der Waals surface area contributed by atoms with Gasteiger partial charge in [0.1, 0.15) is 0 Å². The van der Waals surface area contributed by atoms with Crippen molar-refractivity contribution in [3.05, 3.63) is 58.0 Å². The number of benzene rings is 1. The molecule has 24 heavy (non-hydrogen) atoms. The van der Waals surface area contributed by atoms with E-state index in [0.717, 1.165) is 10.4 Å². The molecule has 0 bridgehead atoms. The molecule has 1 aromatic carbocycles. The van der Waals surface area contributed by atoms with E-state index in [1.165, 1.54) is 42.5 Å². The van der Waals surface area contributed by atoms with Crippen LogP contribution in [0.2, 0.25) is 0 Å². The number of aryl methyl sites for hydroxylation is 1. The Morgan fingerprint density at radius 1 is 1.25 bits per heavy atom. The van der Waals surface area contributed by atoms with Crippen LogP contribution in [-0.2, 0) is 9.59 Å². The largest absolute Gasteiger partial charge is 0.478 e. The number of carbonyl (C=O) groups excluding carboxylic acids is 2. The number of hydrogen-bond acceptors (Lipinski definition) is 4. The van der Waals surface area contributed by atoms with Crippen LogP contribution >= 0.6 is 11.3 Å². The van der Waals surface area contributed by atoms with Gasteiger partial charge in [0.15, 0.2) is 17.7 Å². The molecule has 0 saturated carbocycles. The van der Waals surface area contributed by atoms with Crippen molar-refractivity contribution in [1.82, 2.24) is 10.9 Å². The van der Waals surface area contributed by atoms with Crippen LogP contribution in [-0.4, -0.2) is 17.9 Å². The third-order valence-electron chi connectivity index (χ3n) is 3.11. The van der Waals surface area contributed by atoms with E-state index in [4.69, 9.17) is 4.74 Å². The molecule has 126 valence electrons. The summed E-state index contributed by atoms with van der Waals surface area (Å²) in [5.74, 6) is -1.66. The third-order valence-corrected chi connectivity index (χ3v) is 4.09. The first kappa shape index (κ1) is 17.7. The normalized spacial score (nSPS) is 12.0. The van der Waals surface area contributed by atoms with Gasteiger partial charge in [-0.05, 0) is 49.1 Å². The van der Waals surface area contributed by atoms with E-state index in [2.05, 4.69) is 10.9 Å². The molecule has 2 amide bonds. The molecule has 0 radical (unpaired) electrons. The Morgan fingerprint density at radius 3 is 2.67 bits per heavy atom. The summed E-state index contributed by atoms with van der Waals surface area (Å²) in [6, 6.07) is 7.73. The number of amides is 2. The first-order valence-electron chi connectivity index (χ1n) is 7.20. The van der Waals surface area contributed by atoms with Gasteiger partial charge in [-0.25, -0.2) is 4.39 Å². The summed E-state index contributed by atoms with van der Waals surface area (Å²) in [7, 11) is 0. The predicted molar refractivity (Wildman–Crippen MR) is 90.9 cm³/mol. The van der Waals surface area contributed by atoms with Crippen molar-refractivity contribution in [1.29, 1.82) is 0 Å². The maximum absolute atomic E-state index is 13.5. The third kappa shape index (κ3) is 4.92. The molecule has 2 N–H and O–H groups in total. The Balaban J connectivity index is 1.82. The molecule has 0 aliphatic carbocycles. The van der Waals surface area contributed by atoms with Crippen LogP contribution < -0.4 is 15.6 Å².